The number of anilines is 2. The summed E-state index contributed by atoms with van der Waals surface area (Å²) in [6.45, 7) is 2.12. The number of rotatable bonds is 6. The minimum atomic E-state index is -1.99. The van der Waals surface area contributed by atoms with Crippen LogP contribution in [-0.2, 0) is 15.8 Å². The number of benzene rings is 2. The molecule has 8 heteroatoms. The van der Waals surface area contributed by atoms with Crippen molar-refractivity contribution in [2.24, 2.45) is 0 Å². The van der Waals surface area contributed by atoms with Gasteiger partial charge in [0.2, 0.25) is 5.06 Å². The minimum absolute atomic E-state index is 0.122. The van der Waals surface area contributed by atoms with Crippen molar-refractivity contribution in [1.82, 2.24) is 0 Å². The van der Waals surface area contributed by atoms with Crippen molar-refractivity contribution in [3.8, 4) is 0 Å². The molecule has 6 nitrogen and oxygen atoms in total. The molecule has 2 heterocycles. The maximum absolute atomic E-state index is 11.4. The lowest BCUT2D eigenvalue weighted by Crippen LogP contribution is -2.36. The van der Waals surface area contributed by atoms with Crippen molar-refractivity contribution >= 4 is 40.3 Å². The van der Waals surface area contributed by atoms with E-state index < -0.39 is 16.1 Å². The number of hydrogen-bond donors (Lipinski definition) is 2. The molecule has 2 N–H and O–H groups in total. The van der Waals surface area contributed by atoms with E-state index in [1.807, 2.05) is 54.4 Å². The van der Waals surface area contributed by atoms with Gasteiger partial charge in [0.1, 0.15) is 0 Å². The molecular formula is C20H22N2O4S2. The van der Waals surface area contributed by atoms with E-state index in [1.54, 1.807) is 23.9 Å². The molecule has 1 saturated heterocycles. The van der Waals surface area contributed by atoms with E-state index in [9.17, 15) is 8.76 Å². The lowest BCUT2D eigenvalue weighted by atomic mass is 10.1. The fourth-order valence-corrected chi connectivity index (χ4v) is 5.29. The van der Waals surface area contributed by atoms with E-state index in [-0.39, 0.29) is 6.61 Å². The van der Waals surface area contributed by atoms with E-state index in [0.29, 0.717) is 18.0 Å². The van der Waals surface area contributed by atoms with Crippen LogP contribution in [0, 0.1) is 0 Å². The average Bonchev–Trinajstić information content (AvgIpc) is 3.22. The van der Waals surface area contributed by atoms with Gasteiger partial charge in [0.25, 0.3) is 0 Å². The molecule has 0 radical (unpaired) electrons. The van der Waals surface area contributed by atoms with Crippen LogP contribution in [0.3, 0.4) is 0 Å². The summed E-state index contributed by atoms with van der Waals surface area (Å²) in [5, 5.41) is 8.44. The van der Waals surface area contributed by atoms with Crippen LogP contribution < -0.4 is 9.80 Å². The van der Waals surface area contributed by atoms with Crippen molar-refractivity contribution < 1.29 is 18.6 Å². The monoisotopic (exact) mass is 418 g/mol. The lowest BCUT2D eigenvalue weighted by molar-refractivity contribution is 0.123. The van der Waals surface area contributed by atoms with E-state index in [4.69, 9.17) is 9.84 Å². The van der Waals surface area contributed by atoms with E-state index in [0.717, 1.165) is 28.4 Å². The zero-order valence-corrected chi connectivity index (χ0v) is 17.1. The van der Waals surface area contributed by atoms with Gasteiger partial charge in [0.15, 0.2) is 11.1 Å². The summed E-state index contributed by atoms with van der Waals surface area (Å²) in [7, 11) is 1.95. The number of likely N-dealkylation sites (N-methyl/N-ethyl adjacent to an activating group) is 1. The Bertz CT molecular complexity index is 919. The van der Waals surface area contributed by atoms with Crippen LogP contribution in [0.2, 0.25) is 0 Å². The van der Waals surface area contributed by atoms with Crippen molar-refractivity contribution in [2.75, 3.05) is 43.2 Å². The summed E-state index contributed by atoms with van der Waals surface area (Å²) < 4.78 is 26.8. The average molecular weight is 419 g/mol. The first-order valence-corrected chi connectivity index (χ1v) is 10.9. The van der Waals surface area contributed by atoms with Crippen LogP contribution in [0.4, 0.5) is 11.4 Å². The second kappa shape index (κ2) is 7.88. The lowest BCUT2D eigenvalue weighted by Gasteiger charge is -2.27. The van der Waals surface area contributed by atoms with Crippen molar-refractivity contribution in [1.29, 1.82) is 0 Å². The van der Waals surface area contributed by atoms with Gasteiger partial charge in [-0.3, -0.25) is 0 Å². The van der Waals surface area contributed by atoms with E-state index in [2.05, 4.69) is 4.90 Å². The number of nitrogens with zero attached hydrogens (tertiary/aromatic N) is 2. The number of thioether (sulfide) groups is 1. The summed E-state index contributed by atoms with van der Waals surface area (Å²) in [4.78, 5) is 5.54. The predicted molar refractivity (Wildman–Crippen MR) is 113 cm³/mol. The first kappa shape index (κ1) is 19.5. The highest BCUT2D eigenvalue weighted by molar-refractivity contribution is 8.01. The molecule has 4 rings (SSSR count). The summed E-state index contributed by atoms with van der Waals surface area (Å²) >= 11 is -0.438. The molecule has 0 saturated carbocycles. The van der Waals surface area contributed by atoms with Crippen LogP contribution in [0.15, 0.2) is 58.3 Å². The first-order valence-electron chi connectivity index (χ1n) is 8.99. The Hall–Kier alpha value is -1.84. The number of hydrogen-bond acceptors (Lipinski definition) is 6. The molecule has 0 aliphatic carbocycles. The zero-order valence-electron chi connectivity index (χ0n) is 15.4. The summed E-state index contributed by atoms with van der Waals surface area (Å²) in [5.74, 6) is 0. The molecule has 2 aromatic carbocycles. The van der Waals surface area contributed by atoms with Gasteiger partial charge in [-0.05, 0) is 42.0 Å². The molecule has 0 bridgehead atoms. The molecule has 2 atom stereocenters. The van der Waals surface area contributed by atoms with Gasteiger partial charge in [-0.1, -0.05) is 30.0 Å². The topological polar surface area (TPSA) is 73.2 Å². The normalized spacial score (nSPS) is 21.8. The Morgan fingerprint density at radius 2 is 2.11 bits per heavy atom. The Morgan fingerprint density at radius 3 is 2.82 bits per heavy atom. The minimum Gasteiger partial charge on any atom is -0.395 e. The third-order valence-corrected chi connectivity index (χ3v) is 6.91. The second-order valence-corrected chi connectivity index (χ2v) is 8.88. The molecule has 0 aromatic heterocycles. The van der Waals surface area contributed by atoms with Gasteiger partial charge in [-0.15, -0.1) is 0 Å². The molecule has 2 unspecified atom stereocenters. The predicted octanol–water partition coefficient (Wildman–Crippen LogP) is 3.01. The third kappa shape index (κ3) is 3.58. The van der Waals surface area contributed by atoms with Gasteiger partial charge < -0.3 is 24.2 Å². The summed E-state index contributed by atoms with van der Waals surface area (Å²) in [6.07, 6.45) is 4.09. The van der Waals surface area contributed by atoms with Crippen LogP contribution in [0.25, 0.3) is 6.08 Å². The van der Waals surface area contributed by atoms with Crippen LogP contribution in [0.5, 0.6) is 0 Å². The summed E-state index contributed by atoms with van der Waals surface area (Å²) in [6, 6.07) is 13.5. The smallest absolute Gasteiger partial charge is 0.214 e. The van der Waals surface area contributed by atoms with Gasteiger partial charge >= 0.3 is 0 Å². The highest BCUT2D eigenvalue weighted by Crippen LogP contribution is 2.54. The molecule has 0 spiro atoms. The molecule has 2 aromatic rings. The molecule has 0 amide bonds. The standard InChI is InChI=1S/C20H22N2O4S2/c1-21(10-12-23)16-4-2-15(3-5-16)8-9-20-22(11-13-26-20)18-7-6-17(28(24)25)14-19(18)27-20/h2-9,14,23H,10-13H2,1H3,(H,24,25)/b9-8+. The molecule has 1 fully saturated rings. The Morgan fingerprint density at radius 1 is 1.32 bits per heavy atom. The SMILES string of the molecule is CN(CCO)c1ccc(/C=C/C23OCCN2c2ccc(S(=O)O)cc2S3)cc1. The largest absolute Gasteiger partial charge is 0.395 e. The Labute approximate surface area is 171 Å². The number of fused-ring (bicyclic) bond motifs is 3. The van der Waals surface area contributed by atoms with Gasteiger partial charge in [-0.25, -0.2) is 4.21 Å². The van der Waals surface area contributed by atoms with E-state index >= 15 is 0 Å². The highest BCUT2D eigenvalue weighted by Gasteiger charge is 2.47. The van der Waals surface area contributed by atoms with Crippen LogP contribution in [-0.4, -0.2) is 52.3 Å². The highest BCUT2D eigenvalue weighted by atomic mass is 32.2. The molecular weight excluding hydrogens is 396 g/mol. The van der Waals surface area contributed by atoms with Crippen molar-refractivity contribution in [3.05, 3.63) is 54.1 Å². The maximum atomic E-state index is 11.4. The Kier molecular flexibility index (Phi) is 5.48. The van der Waals surface area contributed by atoms with Crippen LogP contribution >= 0.6 is 11.8 Å². The Balaban J connectivity index is 1.56. The molecule has 148 valence electrons. The number of aliphatic hydroxyl groups excluding tert-OH is 1. The zero-order chi connectivity index (χ0) is 19.7. The third-order valence-electron chi connectivity index (χ3n) is 4.94. The van der Waals surface area contributed by atoms with Gasteiger partial charge in [0, 0.05) is 30.7 Å². The fraction of sp³-hybridized carbons (Fsp3) is 0.300. The number of ether oxygens (including phenoxy) is 1. The number of aliphatic hydroxyl groups is 1. The van der Waals surface area contributed by atoms with Crippen molar-refractivity contribution in [2.45, 2.75) is 14.8 Å². The van der Waals surface area contributed by atoms with Crippen molar-refractivity contribution in [3.63, 3.8) is 0 Å². The first-order chi connectivity index (χ1) is 13.5. The molecule has 2 aliphatic heterocycles. The van der Waals surface area contributed by atoms with E-state index in [1.165, 1.54) is 0 Å². The quantitative estimate of drug-likeness (QED) is 0.699. The van der Waals surface area contributed by atoms with Crippen LogP contribution in [0.1, 0.15) is 5.56 Å². The molecule has 2 aliphatic rings. The fourth-order valence-electron chi connectivity index (χ4n) is 3.45. The van der Waals surface area contributed by atoms with Gasteiger partial charge in [-0.2, -0.15) is 0 Å². The maximum Gasteiger partial charge on any atom is 0.214 e. The summed E-state index contributed by atoms with van der Waals surface area (Å²) in [5.41, 5.74) is 3.14. The molecule has 28 heavy (non-hydrogen) atoms. The van der Waals surface area contributed by atoms with Gasteiger partial charge in [0.05, 0.1) is 23.8 Å². The second-order valence-electron chi connectivity index (χ2n) is 6.68.